The fourth-order valence-corrected chi connectivity index (χ4v) is 2.82. The maximum Gasteiger partial charge on any atom is 0.204 e. The van der Waals surface area contributed by atoms with Crippen LogP contribution in [0.4, 0.5) is 5.69 Å². The normalized spacial score (nSPS) is 11.7. The molecule has 0 saturated carbocycles. The van der Waals surface area contributed by atoms with E-state index >= 15 is 0 Å². The first-order valence-corrected chi connectivity index (χ1v) is 9.46. The van der Waals surface area contributed by atoms with Crippen molar-refractivity contribution in [3.63, 3.8) is 0 Å². The highest BCUT2D eigenvalue weighted by Gasteiger charge is 2.20. The van der Waals surface area contributed by atoms with Crippen molar-refractivity contribution >= 4 is 11.6 Å². The van der Waals surface area contributed by atoms with E-state index in [0.717, 1.165) is 22.7 Å². The largest absolute Gasteiger partial charge is 0.475 e. The Kier molecular flexibility index (Phi) is 6.68. The number of ether oxygens (including phenoxy) is 2. The summed E-state index contributed by atoms with van der Waals surface area (Å²) in [7, 11) is 0. The molecule has 0 spiro atoms. The fourth-order valence-electron chi connectivity index (χ4n) is 2.82. The lowest BCUT2D eigenvalue weighted by Gasteiger charge is -2.24. The molecule has 144 valence electrons. The minimum Gasteiger partial charge on any atom is -0.475 e. The van der Waals surface area contributed by atoms with Gasteiger partial charge in [0.05, 0.1) is 0 Å². The third-order valence-electron chi connectivity index (χ3n) is 4.32. The van der Waals surface area contributed by atoms with E-state index in [-0.39, 0.29) is 17.9 Å². The number of benzene rings is 3. The molecule has 1 atom stereocenters. The van der Waals surface area contributed by atoms with Crippen molar-refractivity contribution in [1.82, 2.24) is 0 Å². The van der Waals surface area contributed by atoms with Crippen molar-refractivity contribution in [2.45, 2.75) is 26.5 Å². The molecule has 0 aliphatic heterocycles. The van der Waals surface area contributed by atoms with Crippen LogP contribution in [0.3, 0.4) is 0 Å². The molecule has 4 nitrogen and oxygen atoms in total. The summed E-state index contributed by atoms with van der Waals surface area (Å²) >= 11 is 0. The van der Waals surface area contributed by atoms with Crippen LogP contribution in [0.1, 0.15) is 19.4 Å². The minimum absolute atomic E-state index is 0.189. The summed E-state index contributed by atoms with van der Waals surface area (Å²) in [6.07, 6.45) is 0. The van der Waals surface area contributed by atoms with Crippen LogP contribution in [0.15, 0.2) is 84.9 Å². The van der Waals surface area contributed by atoms with Crippen LogP contribution in [0.5, 0.6) is 11.5 Å². The topological polar surface area (TPSA) is 54.3 Å². The van der Waals surface area contributed by atoms with Crippen LogP contribution in [0, 0.1) is 11.3 Å². The number of para-hydroxylation sites is 2. The second-order valence-corrected chi connectivity index (χ2v) is 6.95. The van der Waals surface area contributed by atoms with Crippen molar-refractivity contribution in [1.29, 1.82) is 5.41 Å². The van der Waals surface area contributed by atoms with Crippen LogP contribution in [0.2, 0.25) is 0 Å². The average Bonchev–Trinajstić information content (AvgIpc) is 2.72. The van der Waals surface area contributed by atoms with Crippen LogP contribution in [0.25, 0.3) is 0 Å². The maximum atomic E-state index is 8.39. The Morgan fingerprint density at radius 1 is 0.857 bits per heavy atom. The summed E-state index contributed by atoms with van der Waals surface area (Å²) in [6, 6.07) is 27.2. The van der Waals surface area contributed by atoms with Gasteiger partial charge in [-0.2, -0.15) is 0 Å². The minimum atomic E-state index is -0.189. The van der Waals surface area contributed by atoms with Crippen molar-refractivity contribution in [3.8, 4) is 11.5 Å². The third-order valence-corrected chi connectivity index (χ3v) is 4.32. The lowest BCUT2D eigenvalue weighted by Crippen LogP contribution is -2.35. The Morgan fingerprint density at radius 3 is 2.18 bits per heavy atom. The van der Waals surface area contributed by atoms with E-state index in [4.69, 9.17) is 14.9 Å². The molecule has 2 N–H and O–H groups in total. The SMILES string of the molecule is CC(C)C(Nc1ccccc1)C(=N)OCc1cccc(Oc2ccccc2)c1. The fraction of sp³-hybridized carbons (Fsp3) is 0.208. The lowest BCUT2D eigenvalue weighted by atomic mass is 10.0. The highest BCUT2D eigenvalue weighted by atomic mass is 16.5. The molecule has 0 saturated heterocycles. The number of hydrogen-bond acceptors (Lipinski definition) is 4. The first kappa shape index (κ1) is 19.5. The summed E-state index contributed by atoms with van der Waals surface area (Å²) < 4.78 is 11.7. The smallest absolute Gasteiger partial charge is 0.204 e. The summed E-state index contributed by atoms with van der Waals surface area (Å²) in [6.45, 7) is 4.48. The summed E-state index contributed by atoms with van der Waals surface area (Å²) in [5, 5.41) is 11.8. The van der Waals surface area contributed by atoms with Gasteiger partial charge in [-0.3, -0.25) is 5.41 Å². The molecule has 0 aliphatic carbocycles. The zero-order valence-electron chi connectivity index (χ0n) is 16.3. The highest BCUT2D eigenvalue weighted by Crippen LogP contribution is 2.22. The van der Waals surface area contributed by atoms with Crippen molar-refractivity contribution in [3.05, 3.63) is 90.5 Å². The summed E-state index contributed by atoms with van der Waals surface area (Å²) in [5.74, 6) is 2.00. The summed E-state index contributed by atoms with van der Waals surface area (Å²) in [4.78, 5) is 0. The van der Waals surface area contributed by atoms with Crippen LogP contribution in [-0.4, -0.2) is 11.9 Å². The monoisotopic (exact) mass is 374 g/mol. The number of rotatable bonds is 8. The van der Waals surface area contributed by atoms with Gasteiger partial charge in [-0.15, -0.1) is 0 Å². The Bertz CT molecular complexity index is 879. The molecule has 4 heteroatoms. The Balaban J connectivity index is 1.60. The third kappa shape index (κ3) is 5.61. The number of hydrogen-bond donors (Lipinski definition) is 2. The van der Waals surface area contributed by atoms with Crippen LogP contribution in [-0.2, 0) is 11.3 Å². The van der Waals surface area contributed by atoms with E-state index in [1.54, 1.807) is 0 Å². The first-order valence-electron chi connectivity index (χ1n) is 9.46. The number of anilines is 1. The lowest BCUT2D eigenvalue weighted by molar-refractivity contribution is 0.270. The van der Waals surface area contributed by atoms with Gasteiger partial charge < -0.3 is 14.8 Å². The second kappa shape index (κ2) is 9.60. The molecule has 0 aliphatic rings. The van der Waals surface area contributed by atoms with E-state index in [9.17, 15) is 0 Å². The first-order chi connectivity index (χ1) is 13.6. The van der Waals surface area contributed by atoms with E-state index in [1.165, 1.54) is 0 Å². The number of nitrogens with one attached hydrogen (secondary N) is 2. The molecule has 3 aromatic rings. The van der Waals surface area contributed by atoms with E-state index in [2.05, 4.69) is 19.2 Å². The van der Waals surface area contributed by atoms with Gasteiger partial charge in [-0.1, -0.05) is 62.4 Å². The predicted molar refractivity (Wildman–Crippen MR) is 114 cm³/mol. The molecular formula is C24H26N2O2. The predicted octanol–water partition coefficient (Wildman–Crippen LogP) is 6.11. The Morgan fingerprint density at radius 2 is 1.50 bits per heavy atom. The molecule has 0 amide bonds. The van der Waals surface area contributed by atoms with Gasteiger partial charge in [0, 0.05) is 5.69 Å². The molecule has 3 rings (SSSR count). The van der Waals surface area contributed by atoms with Crippen LogP contribution < -0.4 is 10.1 Å². The van der Waals surface area contributed by atoms with E-state index in [1.807, 2.05) is 84.9 Å². The standard InChI is InChI=1S/C24H26N2O2/c1-18(2)23(26-20-11-5-3-6-12-20)24(25)27-17-19-10-9-15-22(16-19)28-21-13-7-4-8-14-21/h3-16,18,23,25-26H,17H2,1-2H3. The van der Waals surface area contributed by atoms with E-state index in [0.29, 0.717) is 6.61 Å². The highest BCUT2D eigenvalue weighted by molar-refractivity contribution is 5.82. The van der Waals surface area contributed by atoms with Gasteiger partial charge in [0.25, 0.3) is 0 Å². The van der Waals surface area contributed by atoms with Gasteiger partial charge in [-0.05, 0) is 47.9 Å². The van der Waals surface area contributed by atoms with Crippen molar-refractivity contribution < 1.29 is 9.47 Å². The Hall–Kier alpha value is -3.27. The summed E-state index contributed by atoms with van der Waals surface area (Å²) in [5.41, 5.74) is 1.94. The zero-order valence-corrected chi connectivity index (χ0v) is 16.3. The molecule has 0 bridgehead atoms. The molecule has 0 radical (unpaired) electrons. The van der Waals surface area contributed by atoms with Crippen molar-refractivity contribution in [2.24, 2.45) is 5.92 Å². The van der Waals surface area contributed by atoms with Gasteiger partial charge in [0.1, 0.15) is 24.1 Å². The molecule has 0 aromatic heterocycles. The quantitative estimate of drug-likeness (QED) is 0.369. The zero-order chi connectivity index (χ0) is 19.8. The Labute approximate surface area is 166 Å². The molecule has 28 heavy (non-hydrogen) atoms. The van der Waals surface area contributed by atoms with Gasteiger partial charge in [0.2, 0.25) is 5.90 Å². The van der Waals surface area contributed by atoms with Gasteiger partial charge in [0.15, 0.2) is 0 Å². The average molecular weight is 374 g/mol. The van der Waals surface area contributed by atoms with Crippen LogP contribution >= 0.6 is 0 Å². The van der Waals surface area contributed by atoms with Crippen molar-refractivity contribution in [2.75, 3.05) is 5.32 Å². The molecule has 0 heterocycles. The second-order valence-electron chi connectivity index (χ2n) is 6.95. The van der Waals surface area contributed by atoms with Gasteiger partial charge >= 0.3 is 0 Å². The molecule has 1 unspecified atom stereocenters. The molecule has 0 fully saturated rings. The van der Waals surface area contributed by atoms with E-state index < -0.39 is 0 Å². The molecule has 3 aromatic carbocycles. The maximum absolute atomic E-state index is 8.39. The molecular weight excluding hydrogens is 348 g/mol. The van der Waals surface area contributed by atoms with Gasteiger partial charge in [-0.25, -0.2) is 0 Å².